The maximum atomic E-state index is 11.8. The number of aliphatic imine (C=N–C) groups is 2. The van der Waals surface area contributed by atoms with Crippen molar-refractivity contribution in [3.05, 3.63) is 58.3 Å². The number of methoxy groups -OCH3 is 1. The molecule has 0 amide bonds. The number of rotatable bonds is 7. The van der Waals surface area contributed by atoms with Crippen LogP contribution >= 0.6 is 15.9 Å². The summed E-state index contributed by atoms with van der Waals surface area (Å²) in [7, 11) is 1.38. The molecule has 3 rings (SSSR count). The van der Waals surface area contributed by atoms with Crippen LogP contribution in [0.2, 0.25) is 0 Å². The van der Waals surface area contributed by atoms with Crippen LogP contribution in [0, 0.1) is 0 Å². The Labute approximate surface area is 178 Å². The minimum absolute atomic E-state index is 0.244. The van der Waals surface area contributed by atoms with Crippen LogP contribution < -0.4 is 0 Å². The number of esters is 1. The average molecular weight is 458 g/mol. The first-order chi connectivity index (χ1) is 14.0. The van der Waals surface area contributed by atoms with E-state index in [4.69, 9.17) is 14.7 Å². The van der Waals surface area contributed by atoms with Gasteiger partial charge >= 0.3 is 5.97 Å². The molecule has 0 bridgehead atoms. The Morgan fingerprint density at radius 3 is 2.83 bits per heavy atom. The molecule has 0 saturated carbocycles. The number of carbonyl (C=O) groups is 1. The first-order valence-corrected chi connectivity index (χ1v) is 10.4. The lowest BCUT2D eigenvalue weighted by atomic mass is 10.0. The van der Waals surface area contributed by atoms with Gasteiger partial charge in [-0.05, 0) is 56.5 Å². The Morgan fingerprint density at radius 2 is 2.14 bits per heavy atom. The van der Waals surface area contributed by atoms with Crippen molar-refractivity contribution in [1.82, 2.24) is 4.98 Å². The molecular weight excluding hydrogens is 434 g/mol. The number of benzene rings is 1. The van der Waals surface area contributed by atoms with Gasteiger partial charge in [-0.3, -0.25) is 19.8 Å². The van der Waals surface area contributed by atoms with E-state index in [0.717, 1.165) is 32.8 Å². The largest absolute Gasteiger partial charge is 0.469 e. The maximum absolute atomic E-state index is 11.8. The first-order valence-electron chi connectivity index (χ1n) is 9.59. The summed E-state index contributed by atoms with van der Waals surface area (Å²) in [4.78, 5) is 26.2. The summed E-state index contributed by atoms with van der Waals surface area (Å²) >= 11 is 3.54. The second-order valence-corrected chi connectivity index (χ2v) is 7.89. The fourth-order valence-electron chi connectivity index (χ4n) is 3.20. The van der Waals surface area contributed by atoms with Crippen LogP contribution in [0.3, 0.4) is 0 Å². The molecule has 2 aromatic rings. The van der Waals surface area contributed by atoms with Crippen molar-refractivity contribution in [2.24, 2.45) is 9.98 Å². The van der Waals surface area contributed by atoms with Gasteiger partial charge in [0.15, 0.2) is 0 Å². The summed E-state index contributed by atoms with van der Waals surface area (Å²) < 4.78 is 5.73. The quantitative estimate of drug-likeness (QED) is 0.629. The zero-order chi connectivity index (χ0) is 20.8. The molecule has 1 aromatic heterocycles. The number of hydrogen-bond acceptors (Lipinski definition) is 6. The average Bonchev–Trinajstić information content (AvgIpc) is 2.87. The highest BCUT2D eigenvalue weighted by molar-refractivity contribution is 9.10. The van der Waals surface area contributed by atoms with E-state index in [-0.39, 0.29) is 18.4 Å². The Morgan fingerprint density at radius 1 is 1.31 bits per heavy atom. The Kier molecular flexibility index (Phi) is 7.28. The van der Waals surface area contributed by atoms with Crippen molar-refractivity contribution in [2.75, 3.05) is 7.11 Å². The summed E-state index contributed by atoms with van der Waals surface area (Å²) in [6.45, 7) is 1.76. The topological polar surface area (TPSA) is 84.1 Å². The molecule has 1 aromatic carbocycles. The normalized spacial score (nSPS) is 16.9. The smallest absolute Gasteiger partial charge is 0.305 e. The molecule has 0 aliphatic carbocycles. The maximum Gasteiger partial charge on any atom is 0.305 e. The number of aliphatic hydroxyl groups excluding tert-OH is 1. The number of pyridine rings is 1. The van der Waals surface area contributed by atoms with Gasteiger partial charge in [-0.2, -0.15) is 0 Å². The molecule has 0 saturated heterocycles. The standard InChI is InChI=1S/C22H24BrN3O3/c1-14(27)6-8-18-19(10-11-21(28)29-2)26-22(20-5-3-4-12-24-20)16-13-15(23)7-9-17(16)25-18/h3-5,7,9,12-14,19,27H,6,8,10-11H2,1-2H3/t14-,19+/m1/s1. The molecule has 0 unspecified atom stereocenters. The van der Waals surface area contributed by atoms with Crippen molar-refractivity contribution in [2.45, 2.75) is 44.8 Å². The van der Waals surface area contributed by atoms with Crippen LogP contribution in [0.15, 0.2) is 57.1 Å². The van der Waals surface area contributed by atoms with Crippen LogP contribution in [0.1, 0.15) is 43.9 Å². The number of halogens is 1. The number of nitrogens with zero attached hydrogens (tertiary/aromatic N) is 3. The summed E-state index contributed by atoms with van der Waals surface area (Å²) in [5, 5.41) is 9.78. The number of aromatic nitrogens is 1. The van der Waals surface area contributed by atoms with Gasteiger partial charge in [-0.15, -0.1) is 0 Å². The van der Waals surface area contributed by atoms with Crippen LogP contribution in [-0.4, -0.2) is 46.7 Å². The number of ether oxygens (including phenoxy) is 1. The van der Waals surface area contributed by atoms with Crippen LogP contribution in [0.5, 0.6) is 0 Å². The minimum Gasteiger partial charge on any atom is -0.469 e. The van der Waals surface area contributed by atoms with Gasteiger partial charge in [0.05, 0.1) is 36.3 Å². The van der Waals surface area contributed by atoms with Gasteiger partial charge in [0.1, 0.15) is 0 Å². The Hall–Kier alpha value is -2.38. The lowest BCUT2D eigenvalue weighted by Crippen LogP contribution is -2.23. The molecule has 29 heavy (non-hydrogen) atoms. The summed E-state index contributed by atoms with van der Waals surface area (Å²) in [5.41, 5.74) is 4.03. The minimum atomic E-state index is -0.439. The SMILES string of the molecule is COC(=O)CC[C@@H]1N=C(c2ccccn2)c2cc(Br)ccc2N=C1CC[C@@H](C)O. The highest BCUT2D eigenvalue weighted by Gasteiger charge is 2.25. The summed E-state index contributed by atoms with van der Waals surface area (Å²) in [6, 6.07) is 11.3. The lowest BCUT2D eigenvalue weighted by Gasteiger charge is -2.16. The van der Waals surface area contributed by atoms with E-state index in [1.54, 1.807) is 13.1 Å². The van der Waals surface area contributed by atoms with E-state index in [9.17, 15) is 9.90 Å². The molecule has 152 valence electrons. The van der Waals surface area contributed by atoms with E-state index < -0.39 is 6.10 Å². The van der Waals surface area contributed by atoms with Gasteiger partial charge < -0.3 is 9.84 Å². The van der Waals surface area contributed by atoms with Crippen molar-refractivity contribution in [1.29, 1.82) is 0 Å². The second-order valence-electron chi connectivity index (χ2n) is 6.98. The molecule has 7 heteroatoms. The molecule has 0 fully saturated rings. The van der Waals surface area contributed by atoms with Gasteiger partial charge in [0.2, 0.25) is 0 Å². The van der Waals surface area contributed by atoms with Gasteiger partial charge in [-0.25, -0.2) is 0 Å². The molecule has 1 aliphatic rings. The Balaban J connectivity index is 2.09. The number of carbonyl (C=O) groups excluding carboxylic acids is 1. The van der Waals surface area contributed by atoms with Crippen molar-refractivity contribution < 1.29 is 14.6 Å². The van der Waals surface area contributed by atoms with Gasteiger partial charge in [0.25, 0.3) is 0 Å². The number of hydrogen-bond donors (Lipinski definition) is 1. The molecule has 6 nitrogen and oxygen atoms in total. The number of aliphatic hydroxyl groups is 1. The zero-order valence-electron chi connectivity index (χ0n) is 16.5. The van der Waals surface area contributed by atoms with Crippen molar-refractivity contribution in [3.8, 4) is 0 Å². The molecule has 2 atom stereocenters. The van der Waals surface area contributed by atoms with Gasteiger partial charge in [0, 0.05) is 28.4 Å². The second kappa shape index (κ2) is 9.89. The molecule has 0 spiro atoms. The third-order valence-electron chi connectivity index (χ3n) is 4.72. The van der Waals surface area contributed by atoms with E-state index in [0.29, 0.717) is 19.3 Å². The van der Waals surface area contributed by atoms with Crippen LogP contribution in [0.4, 0.5) is 5.69 Å². The predicted octanol–water partition coefficient (Wildman–Crippen LogP) is 4.25. The lowest BCUT2D eigenvalue weighted by molar-refractivity contribution is -0.140. The Bertz CT molecular complexity index is 926. The van der Waals surface area contributed by atoms with E-state index in [2.05, 4.69) is 20.9 Å². The molecule has 2 heterocycles. The van der Waals surface area contributed by atoms with E-state index in [1.807, 2.05) is 36.4 Å². The number of fused-ring (bicyclic) bond motifs is 1. The predicted molar refractivity (Wildman–Crippen MR) is 117 cm³/mol. The van der Waals surface area contributed by atoms with E-state index in [1.165, 1.54) is 7.11 Å². The van der Waals surface area contributed by atoms with Crippen molar-refractivity contribution >= 4 is 39.0 Å². The molecule has 0 radical (unpaired) electrons. The fraction of sp³-hybridized carbons (Fsp3) is 0.364. The first kappa shape index (κ1) is 21.3. The zero-order valence-corrected chi connectivity index (χ0v) is 18.1. The highest BCUT2D eigenvalue weighted by Crippen LogP contribution is 2.31. The van der Waals surface area contributed by atoms with Crippen LogP contribution in [-0.2, 0) is 9.53 Å². The van der Waals surface area contributed by atoms with Gasteiger partial charge in [-0.1, -0.05) is 22.0 Å². The van der Waals surface area contributed by atoms with E-state index >= 15 is 0 Å². The molecule has 1 N–H and O–H groups in total. The molecule has 1 aliphatic heterocycles. The third kappa shape index (κ3) is 5.58. The van der Waals surface area contributed by atoms with Crippen LogP contribution in [0.25, 0.3) is 0 Å². The fourth-order valence-corrected chi connectivity index (χ4v) is 3.56. The van der Waals surface area contributed by atoms with Crippen molar-refractivity contribution in [3.63, 3.8) is 0 Å². The third-order valence-corrected chi connectivity index (χ3v) is 5.22. The monoisotopic (exact) mass is 457 g/mol. The summed E-state index contributed by atoms with van der Waals surface area (Å²) in [6.07, 6.45) is 3.20. The summed E-state index contributed by atoms with van der Waals surface area (Å²) in [5.74, 6) is -0.279. The highest BCUT2D eigenvalue weighted by atomic mass is 79.9. The molecular formula is C22H24BrN3O3.